The van der Waals surface area contributed by atoms with Gasteiger partial charge in [-0.15, -0.1) is 0 Å². The van der Waals surface area contributed by atoms with Gasteiger partial charge in [-0.1, -0.05) is 55.1 Å². The minimum atomic E-state index is -0.354. The summed E-state index contributed by atoms with van der Waals surface area (Å²) >= 11 is 0. The maximum Gasteiger partial charge on any atom is 0.338 e. The third kappa shape index (κ3) is 2.68. The second-order valence-electron chi connectivity index (χ2n) is 6.15. The first-order valence-electron chi connectivity index (χ1n) is 8.67. The number of rotatable bonds is 4. The smallest absolute Gasteiger partial charge is 0.338 e. The molecule has 0 radical (unpaired) electrons. The average molecular weight is 341 g/mol. The van der Waals surface area contributed by atoms with E-state index in [1.54, 1.807) is 12.1 Å². The second kappa shape index (κ2) is 6.52. The van der Waals surface area contributed by atoms with Crippen LogP contribution in [0.3, 0.4) is 0 Å². The Balaban J connectivity index is 2.00. The van der Waals surface area contributed by atoms with E-state index in [9.17, 15) is 4.79 Å². The molecule has 0 aliphatic rings. The quantitative estimate of drug-likeness (QED) is 0.443. The lowest BCUT2D eigenvalue weighted by Gasteiger charge is -2.25. The van der Waals surface area contributed by atoms with Crippen LogP contribution in [0.1, 0.15) is 12.5 Å². The van der Waals surface area contributed by atoms with E-state index in [4.69, 9.17) is 4.42 Å². The van der Waals surface area contributed by atoms with Crippen molar-refractivity contribution in [2.24, 2.45) is 0 Å². The minimum absolute atomic E-state index is 0.354. The van der Waals surface area contributed by atoms with E-state index in [-0.39, 0.29) is 5.63 Å². The molecule has 3 nitrogen and oxygen atoms in total. The summed E-state index contributed by atoms with van der Waals surface area (Å²) in [7, 11) is 0. The van der Waals surface area contributed by atoms with Crippen molar-refractivity contribution in [3.63, 3.8) is 0 Å². The number of fused-ring (bicyclic) bond motifs is 2. The molecule has 0 fully saturated rings. The van der Waals surface area contributed by atoms with Gasteiger partial charge in [-0.05, 0) is 36.1 Å². The standard InChI is InChI=1S/C23H19NO2/c1-3-16-12-13-19-21(15-23(25)26-22(19)14-16)24(4-2)20-11-7-9-17-8-5-6-10-18(17)20/h3,5-15H,1,4H2,2H3. The van der Waals surface area contributed by atoms with Gasteiger partial charge in [0.15, 0.2) is 0 Å². The Bertz CT molecular complexity index is 1170. The largest absolute Gasteiger partial charge is 0.423 e. The number of hydrogen-bond acceptors (Lipinski definition) is 3. The molecule has 0 spiro atoms. The predicted octanol–water partition coefficient (Wildman–Crippen LogP) is 5.75. The third-order valence-electron chi connectivity index (χ3n) is 4.65. The minimum Gasteiger partial charge on any atom is -0.423 e. The maximum atomic E-state index is 12.2. The van der Waals surface area contributed by atoms with Crippen LogP contribution >= 0.6 is 0 Å². The summed E-state index contributed by atoms with van der Waals surface area (Å²) in [6.45, 7) is 6.60. The fourth-order valence-corrected chi connectivity index (χ4v) is 3.43. The van der Waals surface area contributed by atoms with E-state index in [2.05, 4.69) is 42.7 Å². The van der Waals surface area contributed by atoms with Crippen LogP contribution in [0, 0.1) is 0 Å². The van der Waals surface area contributed by atoms with Gasteiger partial charge in [0.25, 0.3) is 0 Å². The summed E-state index contributed by atoms with van der Waals surface area (Å²) in [5, 5.41) is 3.23. The lowest BCUT2D eigenvalue weighted by Crippen LogP contribution is -2.18. The lowest BCUT2D eigenvalue weighted by atomic mass is 10.1. The van der Waals surface area contributed by atoms with E-state index in [0.29, 0.717) is 5.58 Å². The second-order valence-corrected chi connectivity index (χ2v) is 6.15. The maximum absolute atomic E-state index is 12.2. The van der Waals surface area contributed by atoms with E-state index in [1.165, 1.54) is 5.39 Å². The van der Waals surface area contributed by atoms with Gasteiger partial charge in [0.05, 0.1) is 5.69 Å². The zero-order valence-electron chi connectivity index (χ0n) is 14.6. The fraction of sp³-hybridized carbons (Fsp3) is 0.0870. The van der Waals surface area contributed by atoms with Gasteiger partial charge in [0.1, 0.15) is 5.58 Å². The molecular weight excluding hydrogens is 322 g/mol. The molecule has 128 valence electrons. The predicted molar refractivity (Wildman–Crippen MR) is 109 cm³/mol. The van der Waals surface area contributed by atoms with Crippen LogP contribution in [0.4, 0.5) is 11.4 Å². The van der Waals surface area contributed by atoms with Gasteiger partial charge >= 0.3 is 5.63 Å². The van der Waals surface area contributed by atoms with Gasteiger partial charge in [-0.25, -0.2) is 4.79 Å². The lowest BCUT2D eigenvalue weighted by molar-refractivity contribution is 0.561. The molecule has 0 aliphatic carbocycles. The van der Waals surface area contributed by atoms with E-state index in [1.807, 2.05) is 36.4 Å². The van der Waals surface area contributed by atoms with Crippen molar-refractivity contribution in [3.05, 3.63) is 89.3 Å². The highest BCUT2D eigenvalue weighted by molar-refractivity contribution is 6.00. The summed E-state index contributed by atoms with van der Waals surface area (Å²) in [4.78, 5) is 14.4. The van der Waals surface area contributed by atoms with Crippen LogP contribution in [0.25, 0.3) is 27.8 Å². The number of nitrogens with zero attached hydrogens (tertiary/aromatic N) is 1. The highest BCUT2D eigenvalue weighted by Gasteiger charge is 2.15. The Morgan fingerprint density at radius 1 is 0.962 bits per heavy atom. The first kappa shape index (κ1) is 16.2. The Labute approximate surface area is 151 Å². The van der Waals surface area contributed by atoms with Crippen molar-refractivity contribution < 1.29 is 4.42 Å². The summed E-state index contributed by atoms with van der Waals surface area (Å²) in [6, 6.07) is 21.9. The molecule has 1 aromatic heterocycles. The Kier molecular flexibility index (Phi) is 4.05. The molecule has 4 aromatic rings. The molecule has 3 heteroatoms. The van der Waals surface area contributed by atoms with Crippen molar-refractivity contribution in [1.29, 1.82) is 0 Å². The molecule has 0 aliphatic heterocycles. The van der Waals surface area contributed by atoms with Crippen LogP contribution in [0.15, 0.2) is 82.5 Å². The molecule has 0 amide bonds. The van der Waals surface area contributed by atoms with Gasteiger partial charge in [-0.2, -0.15) is 0 Å². The van der Waals surface area contributed by atoms with Gasteiger partial charge in [0.2, 0.25) is 0 Å². The number of benzene rings is 3. The van der Waals surface area contributed by atoms with Gasteiger partial charge in [0, 0.05) is 29.1 Å². The summed E-state index contributed by atoms with van der Waals surface area (Å²) < 4.78 is 5.43. The van der Waals surface area contributed by atoms with Crippen molar-refractivity contribution in [2.45, 2.75) is 6.92 Å². The topological polar surface area (TPSA) is 33.5 Å². The van der Waals surface area contributed by atoms with E-state index < -0.39 is 0 Å². The SMILES string of the molecule is C=Cc1ccc2c(N(CC)c3cccc4ccccc34)cc(=O)oc2c1. The molecule has 0 saturated carbocycles. The van der Waals surface area contributed by atoms with E-state index in [0.717, 1.165) is 34.3 Å². The Morgan fingerprint density at radius 2 is 1.77 bits per heavy atom. The first-order chi connectivity index (χ1) is 12.7. The van der Waals surface area contributed by atoms with Crippen LogP contribution < -0.4 is 10.5 Å². The Hall–Kier alpha value is -3.33. The van der Waals surface area contributed by atoms with Crippen molar-refractivity contribution >= 4 is 39.2 Å². The van der Waals surface area contributed by atoms with Crippen LogP contribution in [0.2, 0.25) is 0 Å². The molecule has 0 saturated heterocycles. The van der Waals surface area contributed by atoms with Crippen LogP contribution in [-0.4, -0.2) is 6.54 Å². The molecule has 0 bridgehead atoms. The molecule has 4 rings (SSSR count). The summed E-state index contributed by atoms with van der Waals surface area (Å²) in [5.41, 5.74) is 3.07. The zero-order valence-corrected chi connectivity index (χ0v) is 14.6. The highest BCUT2D eigenvalue weighted by atomic mass is 16.4. The van der Waals surface area contributed by atoms with Gasteiger partial charge in [-0.3, -0.25) is 0 Å². The molecular formula is C23H19NO2. The fourth-order valence-electron chi connectivity index (χ4n) is 3.43. The van der Waals surface area contributed by atoms with Gasteiger partial charge < -0.3 is 9.32 Å². The van der Waals surface area contributed by atoms with Crippen LogP contribution in [-0.2, 0) is 0 Å². The third-order valence-corrected chi connectivity index (χ3v) is 4.65. The average Bonchev–Trinajstić information content (AvgIpc) is 2.68. The number of anilines is 2. The summed E-state index contributed by atoms with van der Waals surface area (Å²) in [5.74, 6) is 0. The Morgan fingerprint density at radius 3 is 2.58 bits per heavy atom. The molecule has 3 aromatic carbocycles. The number of hydrogen-bond donors (Lipinski definition) is 0. The molecule has 0 atom stereocenters. The van der Waals surface area contributed by atoms with Crippen LogP contribution in [0.5, 0.6) is 0 Å². The van der Waals surface area contributed by atoms with E-state index >= 15 is 0 Å². The highest BCUT2D eigenvalue weighted by Crippen LogP contribution is 2.35. The van der Waals surface area contributed by atoms with Crippen molar-refractivity contribution in [1.82, 2.24) is 0 Å². The molecule has 26 heavy (non-hydrogen) atoms. The zero-order chi connectivity index (χ0) is 18.1. The van der Waals surface area contributed by atoms with Crippen molar-refractivity contribution in [3.8, 4) is 0 Å². The molecule has 1 heterocycles. The van der Waals surface area contributed by atoms with Crippen molar-refractivity contribution in [2.75, 3.05) is 11.4 Å². The molecule has 0 unspecified atom stereocenters. The molecule has 0 N–H and O–H groups in total. The summed E-state index contributed by atoms with van der Waals surface area (Å²) in [6.07, 6.45) is 1.74. The normalized spacial score (nSPS) is 11.0. The monoisotopic (exact) mass is 341 g/mol. The first-order valence-corrected chi connectivity index (χ1v) is 8.67.